The van der Waals surface area contributed by atoms with E-state index in [4.69, 9.17) is 9.98 Å². The number of benzene rings is 1. The maximum atomic E-state index is 12.7. The van der Waals surface area contributed by atoms with Crippen LogP contribution >= 0.6 is 0 Å². The van der Waals surface area contributed by atoms with Gasteiger partial charge < -0.3 is 0 Å². The summed E-state index contributed by atoms with van der Waals surface area (Å²) in [7, 11) is 0. The van der Waals surface area contributed by atoms with E-state index >= 15 is 0 Å². The number of nitrogens with one attached hydrogen (secondary N) is 1. The molecule has 140 valence electrons. The van der Waals surface area contributed by atoms with Crippen LogP contribution in [0.4, 0.5) is 11.8 Å². The van der Waals surface area contributed by atoms with E-state index in [0.717, 1.165) is 36.5 Å². The van der Waals surface area contributed by atoms with Crippen LogP contribution in [0.5, 0.6) is 0 Å². The number of aromatic nitrogens is 2. The number of imidazole rings is 1. The molecular formula is C22H26N4O. The first-order valence-electron chi connectivity index (χ1n) is 9.79. The molecule has 0 spiro atoms. The Kier molecular flexibility index (Phi) is 4.92. The second-order valence-electron chi connectivity index (χ2n) is 7.58. The van der Waals surface area contributed by atoms with Crippen molar-refractivity contribution in [3.8, 4) is 0 Å². The number of amides is 1. The minimum absolute atomic E-state index is 0.00308. The molecule has 1 atom stereocenters. The van der Waals surface area contributed by atoms with Crippen molar-refractivity contribution < 1.29 is 4.79 Å². The summed E-state index contributed by atoms with van der Waals surface area (Å²) in [5.41, 5.74) is 3.10. The molecule has 2 aliphatic rings. The van der Waals surface area contributed by atoms with Gasteiger partial charge in [-0.25, -0.2) is 9.98 Å². The first-order valence-corrected chi connectivity index (χ1v) is 9.79. The lowest BCUT2D eigenvalue weighted by molar-refractivity contribution is -0.116. The molecule has 5 heteroatoms. The van der Waals surface area contributed by atoms with Gasteiger partial charge in [-0.05, 0) is 43.7 Å². The molecule has 1 aliphatic heterocycles. The van der Waals surface area contributed by atoms with Gasteiger partial charge in [0.05, 0.1) is 5.69 Å². The molecule has 2 heterocycles. The van der Waals surface area contributed by atoms with E-state index in [2.05, 4.69) is 35.0 Å². The Morgan fingerprint density at radius 1 is 1.30 bits per heavy atom. The van der Waals surface area contributed by atoms with Crippen molar-refractivity contribution in [2.45, 2.75) is 57.9 Å². The molecule has 1 saturated carbocycles. The predicted octanol–water partition coefficient (Wildman–Crippen LogP) is 4.95. The highest BCUT2D eigenvalue weighted by molar-refractivity contribution is 5.95. The summed E-state index contributed by atoms with van der Waals surface area (Å²) < 4.78 is 2.15. The lowest BCUT2D eigenvalue weighted by atomic mass is 9.93. The summed E-state index contributed by atoms with van der Waals surface area (Å²) in [6.45, 7) is 4.09. The molecule has 0 unspecified atom stereocenters. The van der Waals surface area contributed by atoms with Crippen molar-refractivity contribution in [1.82, 2.24) is 9.55 Å². The van der Waals surface area contributed by atoms with E-state index in [9.17, 15) is 4.79 Å². The summed E-state index contributed by atoms with van der Waals surface area (Å²) in [6, 6.07) is 10.5. The summed E-state index contributed by atoms with van der Waals surface area (Å²) in [5, 5.41) is 3.07. The third-order valence-corrected chi connectivity index (χ3v) is 5.46. The zero-order valence-electron chi connectivity index (χ0n) is 16.0. The molecule has 4 rings (SSSR count). The Morgan fingerprint density at radius 2 is 2.07 bits per heavy atom. The molecule has 27 heavy (non-hydrogen) atoms. The van der Waals surface area contributed by atoms with Gasteiger partial charge in [0, 0.05) is 24.6 Å². The first kappa shape index (κ1) is 17.7. The number of carbonyl (C=O) groups excluding carboxylic acids is 1. The molecule has 5 nitrogen and oxygen atoms in total. The maximum Gasteiger partial charge on any atom is 0.227 e. The van der Waals surface area contributed by atoms with Crippen LogP contribution in [0.25, 0.3) is 0 Å². The minimum atomic E-state index is 0.00308. The summed E-state index contributed by atoms with van der Waals surface area (Å²) in [5.74, 6) is 1.73. The summed E-state index contributed by atoms with van der Waals surface area (Å²) >= 11 is 0. The lowest BCUT2D eigenvalue weighted by Gasteiger charge is -2.29. The van der Waals surface area contributed by atoms with Crippen molar-refractivity contribution in [1.29, 1.82) is 0 Å². The Hall–Kier alpha value is -2.69. The molecule has 1 amide bonds. The van der Waals surface area contributed by atoms with Gasteiger partial charge >= 0.3 is 0 Å². The van der Waals surface area contributed by atoms with E-state index in [1.807, 2.05) is 31.2 Å². The lowest BCUT2D eigenvalue weighted by Crippen LogP contribution is -2.22. The Morgan fingerprint density at radius 3 is 2.78 bits per heavy atom. The van der Waals surface area contributed by atoms with Crippen LogP contribution in [-0.4, -0.2) is 21.2 Å². The van der Waals surface area contributed by atoms with Gasteiger partial charge in [0.15, 0.2) is 5.82 Å². The monoisotopic (exact) mass is 362 g/mol. The zero-order valence-corrected chi connectivity index (χ0v) is 16.0. The van der Waals surface area contributed by atoms with Crippen LogP contribution in [0.2, 0.25) is 0 Å². The van der Waals surface area contributed by atoms with E-state index in [-0.39, 0.29) is 11.8 Å². The fourth-order valence-corrected chi connectivity index (χ4v) is 3.70. The highest BCUT2D eigenvalue weighted by Crippen LogP contribution is 2.40. The topological polar surface area (TPSA) is 59.3 Å². The van der Waals surface area contributed by atoms with Crippen molar-refractivity contribution in [3.05, 3.63) is 53.7 Å². The Labute approximate surface area is 160 Å². The van der Waals surface area contributed by atoms with Crippen LogP contribution in [0, 0.1) is 0 Å². The number of fused-ring (bicyclic) bond motifs is 1. The molecule has 1 aromatic carbocycles. The average Bonchev–Trinajstić information content (AvgIpc) is 2.80. The largest absolute Gasteiger partial charge is 0.296 e. The quantitative estimate of drug-likeness (QED) is 0.818. The Bertz CT molecular complexity index is 891. The van der Waals surface area contributed by atoms with Crippen LogP contribution in [-0.2, 0) is 11.2 Å². The third-order valence-electron chi connectivity index (χ3n) is 5.46. The number of hydrogen-bond acceptors (Lipinski definition) is 3. The smallest absolute Gasteiger partial charge is 0.227 e. The standard InChI is InChI=1S/C22H26N4O/c1-15(17-9-4-3-5-10-17)14-20(27)25-22-24-19-13-6-8-16(2)23-21(19)26(22)18-11-7-12-18/h3-6,8-10,15,18H,7,11-14H2,1-2H3,(H,24,25,27)/t15-/m1/s1. The molecule has 0 radical (unpaired) electrons. The normalized spacial score (nSPS) is 17.5. The maximum absolute atomic E-state index is 12.7. The van der Waals surface area contributed by atoms with Crippen molar-refractivity contribution >= 4 is 23.4 Å². The molecule has 1 N–H and O–H groups in total. The van der Waals surface area contributed by atoms with Crippen molar-refractivity contribution in [2.75, 3.05) is 5.32 Å². The zero-order chi connectivity index (χ0) is 18.8. The van der Waals surface area contributed by atoms with E-state index in [1.54, 1.807) is 0 Å². The fraction of sp³-hybridized carbons (Fsp3) is 0.409. The Balaban J connectivity index is 1.56. The number of anilines is 1. The van der Waals surface area contributed by atoms with Gasteiger partial charge in [-0.15, -0.1) is 0 Å². The number of aliphatic imine (C=N–C) groups is 1. The summed E-state index contributed by atoms with van der Waals surface area (Å²) in [6.07, 6.45) is 8.77. The SMILES string of the molecule is CC1=Nc2c(nc(NC(=O)C[C@@H](C)c3ccccc3)n2C2CCC2)CC=C1. The van der Waals surface area contributed by atoms with Crippen LogP contribution in [0.15, 0.2) is 47.5 Å². The van der Waals surface area contributed by atoms with E-state index in [1.165, 1.54) is 12.0 Å². The van der Waals surface area contributed by atoms with Crippen molar-refractivity contribution in [3.63, 3.8) is 0 Å². The van der Waals surface area contributed by atoms with Gasteiger partial charge in [-0.3, -0.25) is 14.7 Å². The van der Waals surface area contributed by atoms with Gasteiger partial charge in [-0.1, -0.05) is 43.3 Å². The van der Waals surface area contributed by atoms with Gasteiger partial charge in [0.2, 0.25) is 11.9 Å². The summed E-state index contributed by atoms with van der Waals surface area (Å²) in [4.78, 5) is 22.2. The minimum Gasteiger partial charge on any atom is -0.296 e. The second-order valence-corrected chi connectivity index (χ2v) is 7.58. The van der Waals surface area contributed by atoms with Crippen LogP contribution in [0.3, 0.4) is 0 Å². The number of hydrogen-bond donors (Lipinski definition) is 1. The fourth-order valence-electron chi connectivity index (χ4n) is 3.70. The van der Waals surface area contributed by atoms with E-state index < -0.39 is 0 Å². The first-order chi connectivity index (χ1) is 13.1. The second kappa shape index (κ2) is 7.51. The molecule has 1 fully saturated rings. The van der Waals surface area contributed by atoms with Gasteiger partial charge in [0.25, 0.3) is 0 Å². The number of allylic oxidation sites excluding steroid dienone is 2. The molecule has 1 aliphatic carbocycles. The van der Waals surface area contributed by atoms with Crippen LogP contribution in [0.1, 0.15) is 62.7 Å². The highest BCUT2D eigenvalue weighted by Gasteiger charge is 2.28. The average molecular weight is 362 g/mol. The number of carbonyl (C=O) groups is 1. The van der Waals surface area contributed by atoms with Crippen LogP contribution < -0.4 is 5.32 Å². The highest BCUT2D eigenvalue weighted by atomic mass is 16.1. The molecular weight excluding hydrogens is 336 g/mol. The molecule has 0 saturated heterocycles. The molecule has 1 aromatic heterocycles. The number of rotatable bonds is 5. The third kappa shape index (κ3) is 3.72. The predicted molar refractivity (Wildman–Crippen MR) is 109 cm³/mol. The van der Waals surface area contributed by atoms with E-state index in [0.29, 0.717) is 18.4 Å². The number of nitrogens with zero attached hydrogens (tertiary/aromatic N) is 3. The molecule has 0 bridgehead atoms. The van der Waals surface area contributed by atoms with Gasteiger partial charge in [-0.2, -0.15) is 0 Å². The van der Waals surface area contributed by atoms with Gasteiger partial charge in [0.1, 0.15) is 0 Å². The molecule has 2 aromatic rings. The van der Waals surface area contributed by atoms with Crippen molar-refractivity contribution in [2.24, 2.45) is 4.99 Å².